The van der Waals surface area contributed by atoms with Gasteiger partial charge in [-0.1, -0.05) is 0 Å². The van der Waals surface area contributed by atoms with Gasteiger partial charge in [0.05, 0.1) is 19.3 Å². The van der Waals surface area contributed by atoms with Crippen LogP contribution in [-0.4, -0.2) is 35.4 Å². The van der Waals surface area contributed by atoms with E-state index in [0.29, 0.717) is 29.4 Å². The molecule has 2 rings (SSSR count). The molecule has 0 saturated carbocycles. The Hall–Kier alpha value is -2.57. The molecule has 2 aromatic rings. The summed E-state index contributed by atoms with van der Waals surface area (Å²) in [4.78, 5) is 12.3. The van der Waals surface area contributed by atoms with Crippen molar-refractivity contribution >= 4 is 5.91 Å². The minimum atomic E-state index is -0.322. The molecular weight excluding hydrogens is 301 g/mol. The van der Waals surface area contributed by atoms with Gasteiger partial charge in [0, 0.05) is 7.05 Å². The highest BCUT2D eigenvalue weighted by atomic mass is 19.1. The summed E-state index contributed by atoms with van der Waals surface area (Å²) in [5.41, 5.74) is 0.998. The van der Waals surface area contributed by atoms with Crippen molar-refractivity contribution in [3.05, 3.63) is 41.3 Å². The normalized spacial score (nSPS) is 11.9. The lowest BCUT2D eigenvalue weighted by molar-refractivity contribution is 0.0928. The topological polar surface area (TPSA) is 65.4 Å². The van der Waals surface area contributed by atoms with E-state index < -0.39 is 0 Å². The summed E-state index contributed by atoms with van der Waals surface area (Å²) >= 11 is 0. The van der Waals surface area contributed by atoms with E-state index >= 15 is 0 Å². The van der Waals surface area contributed by atoms with Crippen LogP contribution in [0, 0.1) is 12.7 Å². The number of carbonyl (C=O) groups is 1. The van der Waals surface area contributed by atoms with Crippen molar-refractivity contribution in [2.45, 2.75) is 20.0 Å². The fourth-order valence-corrected chi connectivity index (χ4v) is 2.24. The lowest BCUT2D eigenvalue weighted by Gasteiger charge is -2.15. The Morgan fingerprint density at radius 3 is 2.65 bits per heavy atom. The first-order chi connectivity index (χ1) is 10.9. The van der Waals surface area contributed by atoms with Crippen molar-refractivity contribution in [2.75, 3.05) is 13.7 Å². The van der Waals surface area contributed by atoms with Gasteiger partial charge in [-0.25, -0.2) is 9.07 Å². The number of aryl methyl sites for hydroxylation is 2. The number of hydrogen-bond donors (Lipinski definition) is 1. The molecule has 1 atom stereocenters. The van der Waals surface area contributed by atoms with Crippen molar-refractivity contribution < 1.29 is 18.7 Å². The number of hydrogen-bond acceptors (Lipinski definition) is 4. The van der Waals surface area contributed by atoms with Crippen LogP contribution in [0.5, 0.6) is 11.6 Å². The van der Waals surface area contributed by atoms with Gasteiger partial charge in [0.1, 0.15) is 23.2 Å². The summed E-state index contributed by atoms with van der Waals surface area (Å²) in [5, 5.41) is 6.96. The lowest BCUT2D eigenvalue weighted by atomic mass is 10.2. The molecule has 1 heterocycles. The van der Waals surface area contributed by atoms with Gasteiger partial charge in [0.25, 0.3) is 5.91 Å². The maximum Gasteiger partial charge on any atom is 0.258 e. The highest BCUT2D eigenvalue weighted by Gasteiger charge is 2.21. The molecule has 1 N–H and O–H groups in total. The molecule has 0 saturated heterocycles. The average Bonchev–Trinajstić information content (AvgIpc) is 2.80. The molecule has 7 heteroatoms. The van der Waals surface area contributed by atoms with Gasteiger partial charge >= 0.3 is 0 Å². The second-order valence-corrected chi connectivity index (χ2v) is 5.19. The molecule has 1 unspecified atom stereocenters. The Kier molecular flexibility index (Phi) is 5.20. The van der Waals surface area contributed by atoms with Gasteiger partial charge in [-0.2, -0.15) is 5.10 Å². The number of rotatable bonds is 6. The Morgan fingerprint density at radius 2 is 2.04 bits per heavy atom. The van der Waals surface area contributed by atoms with E-state index in [-0.39, 0.29) is 17.8 Å². The summed E-state index contributed by atoms with van der Waals surface area (Å²) in [6.45, 7) is 3.86. The van der Waals surface area contributed by atoms with Crippen molar-refractivity contribution in [3.63, 3.8) is 0 Å². The smallest absolute Gasteiger partial charge is 0.258 e. The number of halogens is 1. The monoisotopic (exact) mass is 321 g/mol. The quantitative estimate of drug-likeness (QED) is 0.884. The number of benzene rings is 1. The zero-order chi connectivity index (χ0) is 17.0. The molecule has 124 valence electrons. The van der Waals surface area contributed by atoms with Gasteiger partial charge in [-0.15, -0.1) is 0 Å². The van der Waals surface area contributed by atoms with Crippen molar-refractivity contribution in [1.29, 1.82) is 0 Å². The molecule has 0 aliphatic heterocycles. The Bertz CT molecular complexity index is 683. The minimum Gasteiger partial charge on any atom is -0.489 e. The molecule has 6 nitrogen and oxygen atoms in total. The van der Waals surface area contributed by atoms with Crippen molar-refractivity contribution in [2.24, 2.45) is 7.05 Å². The van der Waals surface area contributed by atoms with E-state index in [4.69, 9.17) is 9.47 Å². The third-order valence-corrected chi connectivity index (χ3v) is 3.29. The molecule has 1 amide bonds. The van der Waals surface area contributed by atoms with Crippen LogP contribution in [0.2, 0.25) is 0 Å². The maximum atomic E-state index is 12.8. The fraction of sp³-hybridized carbons (Fsp3) is 0.375. The zero-order valence-corrected chi connectivity index (χ0v) is 13.6. The molecule has 0 spiro atoms. The van der Waals surface area contributed by atoms with Crippen molar-refractivity contribution in [1.82, 2.24) is 15.1 Å². The van der Waals surface area contributed by atoms with Crippen LogP contribution in [0.15, 0.2) is 24.3 Å². The van der Waals surface area contributed by atoms with E-state index in [1.54, 1.807) is 26.1 Å². The van der Waals surface area contributed by atoms with Crippen LogP contribution >= 0.6 is 0 Å². The Balaban J connectivity index is 1.95. The first-order valence-electron chi connectivity index (χ1n) is 7.20. The number of ether oxygens (including phenoxy) is 2. The second kappa shape index (κ2) is 7.13. The van der Waals surface area contributed by atoms with Crippen LogP contribution < -0.4 is 14.8 Å². The Labute approximate surface area is 134 Å². The van der Waals surface area contributed by atoms with Crippen LogP contribution in [0.1, 0.15) is 23.0 Å². The molecule has 1 aromatic heterocycles. The summed E-state index contributed by atoms with van der Waals surface area (Å²) in [6.07, 6.45) is -0.271. The summed E-state index contributed by atoms with van der Waals surface area (Å²) in [6, 6.07) is 5.74. The largest absolute Gasteiger partial charge is 0.489 e. The summed E-state index contributed by atoms with van der Waals surface area (Å²) in [5.74, 6) is 0.356. The third-order valence-electron chi connectivity index (χ3n) is 3.29. The van der Waals surface area contributed by atoms with Crippen molar-refractivity contribution in [3.8, 4) is 11.6 Å². The number of nitrogens with one attached hydrogen (secondary N) is 1. The predicted octanol–water partition coefficient (Wildman–Crippen LogP) is 2.07. The number of amides is 1. The van der Waals surface area contributed by atoms with Gasteiger partial charge < -0.3 is 14.8 Å². The van der Waals surface area contributed by atoms with Crippen LogP contribution in [0.25, 0.3) is 0 Å². The molecule has 0 radical (unpaired) electrons. The average molecular weight is 321 g/mol. The van der Waals surface area contributed by atoms with E-state index in [2.05, 4.69) is 10.4 Å². The van der Waals surface area contributed by atoms with E-state index in [1.165, 1.54) is 23.9 Å². The zero-order valence-electron chi connectivity index (χ0n) is 13.6. The number of nitrogens with zero attached hydrogens (tertiary/aromatic N) is 2. The molecule has 0 bridgehead atoms. The number of carbonyl (C=O) groups excluding carboxylic acids is 1. The highest BCUT2D eigenvalue weighted by molar-refractivity contribution is 5.97. The number of methoxy groups -OCH3 is 1. The van der Waals surface area contributed by atoms with Gasteiger partial charge in [-0.3, -0.25) is 4.79 Å². The lowest BCUT2D eigenvalue weighted by Crippen LogP contribution is -2.34. The first kappa shape index (κ1) is 16.8. The SMILES string of the molecule is COc1c(C(=O)NCC(C)Oc2ccc(F)cc2)c(C)nn1C. The van der Waals surface area contributed by atoms with Gasteiger partial charge in [-0.05, 0) is 38.1 Å². The van der Waals surface area contributed by atoms with Crippen LogP contribution in [0.4, 0.5) is 4.39 Å². The first-order valence-corrected chi connectivity index (χ1v) is 7.20. The van der Waals surface area contributed by atoms with Gasteiger partial charge in [0.15, 0.2) is 0 Å². The van der Waals surface area contributed by atoms with Crippen LogP contribution in [0.3, 0.4) is 0 Å². The minimum absolute atomic E-state index is 0.271. The molecular formula is C16H20FN3O3. The molecule has 0 fully saturated rings. The highest BCUT2D eigenvalue weighted by Crippen LogP contribution is 2.20. The van der Waals surface area contributed by atoms with Gasteiger partial charge in [0.2, 0.25) is 5.88 Å². The third kappa shape index (κ3) is 4.00. The molecule has 23 heavy (non-hydrogen) atoms. The second-order valence-electron chi connectivity index (χ2n) is 5.19. The fourth-order valence-electron chi connectivity index (χ4n) is 2.24. The predicted molar refractivity (Wildman–Crippen MR) is 83.3 cm³/mol. The Morgan fingerprint density at radius 1 is 1.39 bits per heavy atom. The van der Waals surface area contributed by atoms with Crippen LogP contribution in [-0.2, 0) is 7.05 Å². The summed E-state index contributed by atoms with van der Waals surface area (Å²) in [7, 11) is 3.20. The molecule has 1 aromatic carbocycles. The maximum absolute atomic E-state index is 12.8. The molecule has 0 aliphatic carbocycles. The van der Waals surface area contributed by atoms with E-state index in [1.807, 2.05) is 6.92 Å². The van der Waals surface area contributed by atoms with E-state index in [0.717, 1.165) is 0 Å². The molecule has 0 aliphatic rings. The summed E-state index contributed by atoms with van der Waals surface area (Å²) < 4.78 is 25.2. The number of aromatic nitrogens is 2. The van der Waals surface area contributed by atoms with E-state index in [9.17, 15) is 9.18 Å². The standard InChI is InChI=1S/C16H20FN3O3/c1-10(23-13-7-5-12(17)6-8-13)9-18-15(21)14-11(2)19-20(3)16(14)22-4/h5-8,10H,9H2,1-4H3,(H,18,21).